The Morgan fingerprint density at radius 2 is 1.95 bits per heavy atom. The van der Waals surface area contributed by atoms with E-state index in [1.807, 2.05) is 25.3 Å². The van der Waals surface area contributed by atoms with E-state index < -0.39 is 0 Å². The molecule has 3 rings (SSSR count). The van der Waals surface area contributed by atoms with Gasteiger partial charge in [-0.3, -0.25) is 0 Å². The number of hydrogen-bond acceptors (Lipinski definition) is 3. The quantitative estimate of drug-likeness (QED) is 0.783. The Morgan fingerprint density at radius 1 is 1.16 bits per heavy atom. The largest absolute Gasteiger partial charge is 0.363 e. The molecular formula is C14H13FN4. The molecule has 1 unspecified atom stereocenters. The maximum Gasteiger partial charge on any atom is 0.157 e. The molecule has 2 heterocycles. The predicted molar refractivity (Wildman–Crippen MR) is 71.4 cm³/mol. The van der Waals surface area contributed by atoms with Crippen molar-refractivity contribution in [3.05, 3.63) is 60.2 Å². The Labute approximate surface area is 109 Å². The fraction of sp³-hybridized carbons (Fsp3) is 0.143. The van der Waals surface area contributed by atoms with Crippen LogP contribution >= 0.6 is 0 Å². The monoisotopic (exact) mass is 256 g/mol. The van der Waals surface area contributed by atoms with Crippen molar-refractivity contribution in [2.45, 2.75) is 13.0 Å². The summed E-state index contributed by atoms with van der Waals surface area (Å²) in [6.45, 7) is 2.01. The molecule has 1 N–H and O–H groups in total. The zero-order valence-corrected chi connectivity index (χ0v) is 10.4. The van der Waals surface area contributed by atoms with E-state index in [4.69, 9.17) is 0 Å². The SMILES string of the molecule is CC(Nc1ccn2nccc2n1)c1ccc(F)cc1. The lowest BCUT2D eigenvalue weighted by atomic mass is 10.1. The average molecular weight is 256 g/mol. The first-order chi connectivity index (χ1) is 9.22. The molecule has 0 fully saturated rings. The molecule has 0 aliphatic carbocycles. The zero-order valence-electron chi connectivity index (χ0n) is 10.4. The Hall–Kier alpha value is -2.43. The van der Waals surface area contributed by atoms with Gasteiger partial charge in [0, 0.05) is 18.3 Å². The van der Waals surface area contributed by atoms with Crippen LogP contribution in [0.15, 0.2) is 48.8 Å². The number of nitrogens with zero attached hydrogens (tertiary/aromatic N) is 3. The van der Waals surface area contributed by atoms with Crippen LogP contribution in [0.5, 0.6) is 0 Å². The van der Waals surface area contributed by atoms with Crippen LogP contribution in [-0.4, -0.2) is 14.6 Å². The summed E-state index contributed by atoms with van der Waals surface area (Å²) in [5.74, 6) is 0.541. The standard InChI is InChI=1S/C14H13FN4/c1-10(11-2-4-12(15)5-3-11)17-13-7-9-19-14(18-13)6-8-16-19/h2-10H,1H3,(H,17,18). The van der Waals surface area contributed by atoms with Crippen LogP contribution < -0.4 is 5.32 Å². The predicted octanol–water partition coefficient (Wildman–Crippen LogP) is 3.04. The van der Waals surface area contributed by atoms with Crippen LogP contribution in [0.3, 0.4) is 0 Å². The van der Waals surface area contributed by atoms with Gasteiger partial charge < -0.3 is 5.32 Å². The van der Waals surface area contributed by atoms with Gasteiger partial charge in [0.2, 0.25) is 0 Å². The van der Waals surface area contributed by atoms with Gasteiger partial charge in [0.1, 0.15) is 11.6 Å². The molecule has 19 heavy (non-hydrogen) atoms. The Morgan fingerprint density at radius 3 is 2.74 bits per heavy atom. The topological polar surface area (TPSA) is 42.2 Å². The van der Waals surface area contributed by atoms with Gasteiger partial charge in [0.05, 0.1) is 6.20 Å². The van der Waals surface area contributed by atoms with E-state index in [2.05, 4.69) is 15.4 Å². The summed E-state index contributed by atoms with van der Waals surface area (Å²) in [5.41, 5.74) is 1.80. The minimum atomic E-state index is -0.227. The molecule has 0 aliphatic heterocycles. The van der Waals surface area contributed by atoms with E-state index >= 15 is 0 Å². The van der Waals surface area contributed by atoms with Crippen molar-refractivity contribution < 1.29 is 4.39 Å². The van der Waals surface area contributed by atoms with Crippen LogP contribution in [0.2, 0.25) is 0 Å². The van der Waals surface area contributed by atoms with Gasteiger partial charge in [-0.1, -0.05) is 12.1 Å². The minimum Gasteiger partial charge on any atom is -0.363 e. The Balaban J connectivity index is 1.81. The highest BCUT2D eigenvalue weighted by atomic mass is 19.1. The van der Waals surface area contributed by atoms with Crippen molar-refractivity contribution >= 4 is 11.5 Å². The molecular weight excluding hydrogens is 243 g/mol. The summed E-state index contributed by atoms with van der Waals surface area (Å²) in [5, 5.41) is 7.38. The minimum absolute atomic E-state index is 0.0541. The number of anilines is 1. The Kier molecular flexibility index (Phi) is 2.87. The highest BCUT2D eigenvalue weighted by molar-refractivity contribution is 5.46. The number of fused-ring (bicyclic) bond motifs is 1. The molecule has 1 aromatic carbocycles. The molecule has 0 bridgehead atoms. The summed E-state index contributed by atoms with van der Waals surface area (Å²) in [6, 6.07) is 10.2. The number of halogens is 1. The van der Waals surface area contributed by atoms with Crippen molar-refractivity contribution in [3.63, 3.8) is 0 Å². The molecule has 2 aromatic heterocycles. The van der Waals surface area contributed by atoms with Gasteiger partial charge in [-0.2, -0.15) is 5.10 Å². The smallest absolute Gasteiger partial charge is 0.157 e. The summed E-state index contributed by atoms with van der Waals surface area (Å²) >= 11 is 0. The van der Waals surface area contributed by atoms with E-state index in [-0.39, 0.29) is 11.9 Å². The van der Waals surface area contributed by atoms with Gasteiger partial charge in [-0.15, -0.1) is 0 Å². The summed E-state index contributed by atoms with van der Waals surface area (Å²) in [6.07, 6.45) is 3.55. The maximum atomic E-state index is 12.9. The number of benzene rings is 1. The van der Waals surface area contributed by atoms with Gasteiger partial charge >= 0.3 is 0 Å². The normalized spacial score (nSPS) is 12.5. The first-order valence-electron chi connectivity index (χ1n) is 6.05. The number of rotatable bonds is 3. The van der Waals surface area contributed by atoms with Gasteiger partial charge in [-0.05, 0) is 30.7 Å². The molecule has 0 radical (unpaired) electrons. The van der Waals surface area contributed by atoms with Gasteiger partial charge in [0.15, 0.2) is 5.65 Å². The molecule has 0 aliphatic rings. The lowest BCUT2D eigenvalue weighted by Gasteiger charge is -2.14. The van der Waals surface area contributed by atoms with E-state index in [1.54, 1.807) is 22.8 Å². The number of hydrogen-bond donors (Lipinski definition) is 1. The van der Waals surface area contributed by atoms with Crippen molar-refractivity contribution in [2.75, 3.05) is 5.32 Å². The molecule has 0 spiro atoms. The first-order valence-corrected chi connectivity index (χ1v) is 6.05. The third-order valence-corrected chi connectivity index (χ3v) is 2.99. The lowest BCUT2D eigenvalue weighted by Crippen LogP contribution is -2.08. The van der Waals surface area contributed by atoms with Gasteiger partial charge in [-0.25, -0.2) is 13.9 Å². The molecule has 4 nitrogen and oxygen atoms in total. The number of aromatic nitrogens is 3. The second kappa shape index (κ2) is 4.68. The molecule has 3 aromatic rings. The van der Waals surface area contributed by atoms with Crippen molar-refractivity contribution in [1.29, 1.82) is 0 Å². The van der Waals surface area contributed by atoms with E-state index in [9.17, 15) is 4.39 Å². The van der Waals surface area contributed by atoms with Crippen LogP contribution in [0.25, 0.3) is 5.65 Å². The molecule has 0 amide bonds. The van der Waals surface area contributed by atoms with Crippen LogP contribution in [0.1, 0.15) is 18.5 Å². The average Bonchev–Trinajstić information content (AvgIpc) is 2.87. The lowest BCUT2D eigenvalue weighted by molar-refractivity contribution is 0.626. The highest BCUT2D eigenvalue weighted by Crippen LogP contribution is 2.18. The second-order valence-electron chi connectivity index (χ2n) is 4.36. The Bertz CT molecular complexity index is 690. The first kappa shape index (κ1) is 11.6. The van der Waals surface area contributed by atoms with Crippen molar-refractivity contribution in [3.8, 4) is 0 Å². The molecule has 0 saturated heterocycles. The summed E-state index contributed by atoms with van der Waals surface area (Å²) in [7, 11) is 0. The van der Waals surface area contributed by atoms with Gasteiger partial charge in [0.25, 0.3) is 0 Å². The fourth-order valence-corrected chi connectivity index (χ4v) is 1.95. The third-order valence-electron chi connectivity index (χ3n) is 2.99. The molecule has 1 atom stereocenters. The van der Waals surface area contributed by atoms with E-state index in [0.717, 1.165) is 17.0 Å². The zero-order chi connectivity index (χ0) is 13.2. The summed E-state index contributed by atoms with van der Waals surface area (Å²) < 4.78 is 14.6. The number of nitrogens with one attached hydrogen (secondary N) is 1. The summed E-state index contributed by atoms with van der Waals surface area (Å²) in [4.78, 5) is 4.43. The van der Waals surface area contributed by atoms with E-state index in [1.165, 1.54) is 12.1 Å². The molecule has 96 valence electrons. The van der Waals surface area contributed by atoms with Crippen molar-refractivity contribution in [2.24, 2.45) is 0 Å². The third kappa shape index (κ3) is 2.40. The van der Waals surface area contributed by atoms with Crippen LogP contribution in [-0.2, 0) is 0 Å². The van der Waals surface area contributed by atoms with Crippen LogP contribution in [0.4, 0.5) is 10.2 Å². The molecule has 0 saturated carbocycles. The van der Waals surface area contributed by atoms with Crippen LogP contribution in [0, 0.1) is 5.82 Å². The second-order valence-corrected chi connectivity index (χ2v) is 4.36. The maximum absolute atomic E-state index is 12.9. The van der Waals surface area contributed by atoms with E-state index in [0.29, 0.717) is 0 Å². The highest BCUT2D eigenvalue weighted by Gasteiger charge is 2.06. The fourth-order valence-electron chi connectivity index (χ4n) is 1.95. The van der Waals surface area contributed by atoms with Crippen molar-refractivity contribution in [1.82, 2.24) is 14.6 Å². The molecule has 5 heteroatoms.